The average molecular weight is 1060 g/mol. The predicted molar refractivity (Wildman–Crippen MR) is 296 cm³/mol. The molecule has 2 atom stereocenters. The number of nitrogens with one attached hydrogen (secondary N) is 2. The maximum Gasteiger partial charge on any atom is 0.352 e. The monoisotopic (exact) mass is 1050 g/mol. The van der Waals surface area contributed by atoms with Crippen molar-refractivity contribution in [3.63, 3.8) is 0 Å². The number of likely N-dealkylation sites (tertiary alicyclic amines) is 2. The second-order valence-electron chi connectivity index (χ2n) is 20.1. The van der Waals surface area contributed by atoms with Gasteiger partial charge in [-0.3, -0.25) is 9.59 Å². The Kier molecular flexibility index (Phi) is 42.3. The molecular formula is C56H102N4O10S2. The third-order valence-corrected chi connectivity index (χ3v) is 14.0. The number of hydrogen-bond acceptors (Lipinski definition) is 14. The molecule has 2 heterocycles. The quantitative estimate of drug-likeness (QED) is 0.0257. The SMILES string of the molecule is CCCCCCCCOC(=O)CCCCCCCOC(=O)C(OC(=S)NCCCCN1CCCCC1)C(OC(=S)NCCCCN1CCCCC1)C(=O)OCCCCCCCC(=O)OCCCCCCCC. The van der Waals surface area contributed by atoms with Crippen molar-refractivity contribution in [2.45, 2.75) is 244 Å². The molecule has 2 saturated heterocycles. The number of unbranched alkanes of at least 4 members (excludes halogenated alkanes) is 20. The Labute approximate surface area is 447 Å². The highest BCUT2D eigenvalue weighted by Crippen LogP contribution is 2.16. The number of ether oxygens (including phenoxy) is 6. The van der Waals surface area contributed by atoms with Gasteiger partial charge in [-0.2, -0.15) is 0 Å². The van der Waals surface area contributed by atoms with Crippen LogP contribution in [0.2, 0.25) is 0 Å². The van der Waals surface area contributed by atoms with E-state index < -0.39 is 24.1 Å². The molecule has 2 fully saturated rings. The van der Waals surface area contributed by atoms with Crippen LogP contribution < -0.4 is 10.6 Å². The highest BCUT2D eigenvalue weighted by atomic mass is 32.1. The summed E-state index contributed by atoms with van der Waals surface area (Å²) in [5.41, 5.74) is 0. The van der Waals surface area contributed by atoms with E-state index in [1.807, 2.05) is 0 Å². The normalized spacial score (nSPS) is 15.0. The fourth-order valence-electron chi connectivity index (χ4n) is 9.04. The predicted octanol–water partition coefficient (Wildman–Crippen LogP) is 11.6. The number of nitrogens with zero attached hydrogens (tertiary/aromatic N) is 2. The molecule has 2 aliphatic heterocycles. The number of carbonyl (C=O) groups is 4. The third kappa shape index (κ3) is 37.0. The van der Waals surface area contributed by atoms with Crippen molar-refractivity contribution in [1.82, 2.24) is 20.4 Å². The van der Waals surface area contributed by atoms with Gasteiger partial charge in [0.05, 0.1) is 26.4 Å². The van der Waals surface area contributed by atoms with Gasteiger partial charge in [-0.15, -0.1) is 0 Å². The summed E-state index contributed by atoms with van der Waals surface area (Å²) in [5.74, 6) is -1.88. The Balaban J connectivity index is 1.94. The maximum absolute atomic E-state index is 14.0. The van der Waals surface area contributed by atoms with E-state index >= 15 is 0 Å². The van der Waals surface area contributed by atoms with Crippen molar-refractivity contribution >= 4 is 58.7 Å². The third-order valence-electron chi connectivity index (χ3n) is 13.5. The van der Waals surface area contributed by atoms with Crippen molar-refractivity contribution in [1.29, 1.82) is 0 Å². The molecule has 0 spiro atoms. The fraction of sp³-hybridized carbons (Fsp3) is 0.893. The van der Waals surface area contributed by atoms with Gasteiger partial charge in [0.15, 0.2) is 0 Å². The first-order chi connectivity index (χ1) is 35.2. The second kappa shape index (κ2) is 46.7. The van der Waals surface area contributed by atoms with Gasteiger partial charge in [-0.1, -0.05) is 129 Å². The highest BCUT2D eigenvalue weighted by Gasteiger charge is 2.42. The summed E-state index contributed by atoms with van der Waals surface area (Å²) in [6.07, 6.45) is 30.5. The minimum Gasteiger partial charge on any atom is -0.466 e. The van der Waals surface area contributed by atoms with Gasteiger partial charge in [-0.05, 0) is 154 Å². The van der Waals surface area contributed by atoms with Crippen molar-refractivity contribution in [2.24, 2.45) is 0 Å². The summed E-state index contributed by atoms with van der Waals surface area (Å²) in [5, 5.41) is 6.17. The van der Waals surface area contributed by atoms with Gasteiger partial charge in [-0.25, -0.2) is 9.59 Å². The van der Waals surface area contributed by atoms with Crippen LogP contribution in [0.4, 0.5) is 0 Å². The smallest absolute Gasteiger partial charge is 0.352 e. The van der Waals surface area contributed by atoms with Crippen LogP contribution in [-0.4, -0.2) is 135 Å². The van der Waals surface area contributed by atoms with Crippen molar-refractivity contribution in [2.75, 3.05) is 78.8 Å². The Bertz CT molecular complexity index is 1300. The van der Waals surface area contributed by atoms with E-state index in [1.54, 1.807) is 0 Å². The van der Waals surface area contributed by atoms with Crippen LogP contribution >= 0.6 is 24.4 Å². The molecule has 0 aromatic rings. The number of carbonyl (C=O) groups excluding carboxylic acids is 4. The number of esters is 4. The lowest BCUT2D eigenvalue weighted by Gasteiger charge is -2.27. The molecule has 0 radical (unpaired) electrons. The van der Waals surface area contributed by atoms with Gasteiger partial charge in [0.25, 0.3) is 10.3 Å². The average Bonchev–Trinajstić information content (AvgIpc) is 3.38. The van der Waals surface area contributed by atoms with Gasteiger partial charge in [0, 0.05) is 25.9 Å². The molecule has 0 amide bonds. The zero-order valence-corrected chi connectivity index (χ0v) is 47.1. The maximum atomic E-state index is 14.0. The van der Waals surface area contributed by atoms with E-state index in [-0.39, 0.29) is 35.5 Å². The molecule has 0 aliphatic carbocycles. The molecule has 418 valence electrons. The molecule has 0 bridgehead atoms. The molecular weight excluding hydrogens is 953 g/mol. The Morgan fingerprint density at radius 3 is 1.08 bits per heavy atom. The van der Waals surface area contributed by atoms with E-state index in [0.29, 0.717) is 52.0 Å². The summed E-state index contributed by atoms with van der Waals surface area (Å²) in [6, 6.07) is 0. The van der Waals surface area contributed by atoms with Gasteiger partial charge < -0.3 is 48.9 Å². The van der Waals surface area contributed by atoms with Crippen molar-refractivity contribution in [3.8, 4) is 0 Å². The minimum absolute atomic E-state index is 0.0373. The van der Waals surface area contributed by atoms with E-state index in [1.165, 1.54) is 89.9 Å². The van der Waals surface area contributed by atoms with Crippen LogP contribution in [0.5, 0.6) is 0 Å². The van der Waals surface area contributed by atoms with Crippen molar-refractivity contribution in [3.05, 3.63) is 0 Å². The van der Waals surface area contributed by atoms with Crippen LogP contribution in [0.1, 0.15) is 232 Å². The summed E-state index contributed by atoms with van der Waals surface area (Å²) >= 11 is 11.2. The highest BCUT2D eigenvalue weighted by molar-refractivity contribution is 7.80. The van der Waals surface area contributed by atoms with E-state index in [9.17, 15) is 19.2 Å². The number of piperidine rings is 2. The van der Waals surface area contributed by atoms with Crippen LogP contribution in [0.15, 0.2) is 0 Å². The van der Waals surface area contributed by atoms with E-state index in [4.69, 9.17) is 52.9 Å². The largest absolute Gasteiger partial charge is 0.466 e. The minimum atomic E-state index is -1.58. The number of rotatable bonds is 45. The lowest BCUT2D eigenvalue weighted by molar-refractivity contribution is -0.170. The molecule has 2 unspecified atom stereocenters. The topological polar surface area (TPSA) is 154 Å². The van der Waals surface area contributed by atoms with Crippen molar-refractivity contribution < 1.29 is 47.6 Å². The Morgan fingerprint density at radius 1 is 0.403 bits per heavy atom. The molecule has 2 aliphatic rings. The number of hydrogen-bond donors (Lipinski definition) is 2. The molecule has 0 aromatic carbocycles. The molecule has 2 rings (SSSR count). The Morgan fingerprint density at radius 2 is 0.722 bits per heavy atom. The zero-order chi connectivity index (χ0) is 52.0. The van der Waals surface area contributed by atoms with E-state index in [2.05, 4.69) is 34.3 Å². The van der Waals surface area contributed by atoms with Gasteiger partial charge in [0.2, 0.25) is 12.2 Å². The molecule has 16 heteroatoms. The first-order valence-electron chi connectivity index (χ1n) is 29.2. The van der Waals surface area contributed by atoms with Crippen LogP contribution in [0.3, 0.4) is 0 Å². The van der Waals surface area contributed by atoms with Crippen LogP contribution in [-0.2, 0) is 47.6 Å². The lowest BCUT2D eigenvalue weighted by Crippen LogP contribution is -2.50. The first kappa shape index (κ1) is 65.3. The van der Waals surface area contributed by atoms with Gasteiger partial charge >= 0.3 is 23.9 Å². The summed E-state index contributed by atoms with van der Waals surface area (Å²) < 4.78 is 34.5. The first-order valence-corrected chi connectivity index (χ1v) is 30.0. The Hall–Kier alpha value is -2.82. The standard InChI is InChI=1S/C56H102N4O10S2/c1-3-5-7-9-15-31-45-65-49(61)35-21-13-11-17-33-47-67-53(63)51(69-55(71)57-37-23-29-43-59-39-25-19-26-40-59)52(70-56(72)58-38-24-30-44-60-41-27-20-28-42-60)54(64)68-48-34-18-12-14-22-36-50(62)66-46-32-16-10-8-6-4-2/h51-52H,3-48H2,1-2H3,(H,57,71)(H,58,72). The molecule has 2 N–H and O–H groups in total. The van der Waals surface area contributed by atoms with Gasteiger partial charge in [0.1, 0.15) is 0 Å². The summed E-state index contributed by atoms with van der Waals surface area (Å²) in [6.45, 7) is 13.3. The molecule has 0 saturated carbocycles. The second-order valence-corrected chi connectivity index (χ2v) is 20.8. The van der Waals surface area contributed by atoms with Crippen LogP contribution in [0.25, 0.3) is 0 Å². The molecule has 72 heavy (non-hydrogen) atoms. The molecule has 14 nitrogen and oxygen atoms in total. The summed E-state index contributed by atoms with van der Waals surface area (Å²) in [7, 11) is 0. The zero-order valence-electron chi connectivity index (χ0n) is 45.5. The lowest BCUT2D eigenvalue weighted by atomic mass is 10.1. The number of thiocarbonyl (C=S) groups is 2. The van der Waals surface area contributed by atoms with Crippen LogP contribution in [0, 0.1) is 0 Å². The fourth-order valence-corrected chi connectivity index (χ4v) is 9.45. The molecule has 0 aromatic heterocycles. The summed E-state index contributed by atoms with van der Waals surface area (Å²) in [4.78, 5) is 57.3. The van der Waals surface area contributed by atoms with E-state index in [0.717, 1.165) is 142 Å².